The molecular weight excluding hydrogens is 424 g/mol. The molecule has 176 valence electrons. The smallest absolute Gasteiger partial charge is 0.309 e. The fourth-order valence-corrected chi connectivity index (χ4v) is 4.36. The number of carbonyl (C=O) groups excluding carboxylic acids is 2. The summed E-state index contributed by atoms with van der Waals surface area (Å²) in [6.45, 7) is 2.39. The van der Waals surface area contributed by atoms with Gasteiger partial charge < -0.3 is 15.5 Å². The van der Waals surface area contributed by atoms with Gasteiger partial charge in [-0.15, -0.1) is 0 Å². The van der Waals surface area contributed by atoms with E-state index in [1.54, 1.807) is 0 Å². The first-order chi connectivity index (χ1) is 16.5. The molecule has 34 heavy (non-hydrogen) atoms. The predicted octanol–water partition coefficient (Wildman–Crippen LogP) is 3.28. The van der Waals surface area contributed by atoms with Gasteiger partial charge in [-0.05, 0) is 40.8 Å². The zero-order valence-electron chi connectivity index (χ0n) is 19.8. The van der Waals surface area contributed by atoms with Gasteiger partial charge >= 0.3 is 11.8 Å². The number of nitrogens with one attached hydrogen (secondary N) is 2. The van der Waals surface area contributed by atoms with E-state index < -0.39 is 11.8 Å². The highest BCUT2D eigenvalue weighted by Crippen LogP contribution is 2.28. The van der Waals surface area contributed by atoms with Gasteiger partial charge in [-0.1, -0.05) is 66.7 Å². The third-order valence-electron chi connectivity index (χ3n) is 6.35. The first-order valence-corrected chi connectivity index (χ1v) is 11.7. The fourth-order valence-electron chi connectivity index (χ4n) is 4.36. The largest absolute Gasteiger partial charge is 0.378 e. The van der Waals surface area contributed by atoms with Crippen LogP contribution in [0.2, 0.25) is 0 Å². The van der Waals surface area contributed by atoms with Crippen LogP contribution in [0.25, 0.3) is 0 Å². The van der Waals surface area contributed by atoms with Crippen LogP contribution in [0, 0.1) is 0 Å². The quantitative estimate of drug-likeness (QED) is 0.536. The zero-order valence-corrected chi connectivity index (χ0v) is 19.8. The molecule has 0 fully saturated rings. The van der Waals surface area contributed by atoms with E-state index in [0.29, 0.717) is 13.1 Å². The lowest BCUT2D eigenvalue weighted by Crippen LogP contribution is -2.45. The van der Waals surface area contributed by atoms with Crippen LogP contribution in [-0.2, 0) is 29.1 Å². The molecule has 1 unspecified atom stereocenters. The second-order valence-electron chi connectivity index (χ2n) is 8.87. The maximum atomic E-state index is 12.6. The summed E-state index contributed by atoms with van der Waals surface area (Å²) in [6, 6.07) is 26.5. The molecule has 2 N–H and O–H groups in total. The Morgan fingerprint density at radius 2 is 1.50 bits per heavy atom. The van der Waals surface area contributed by atoms with Crippen molar-refractivity contribution in [3.05, 3.63) is 101 Å². The van der Waals surface area contributed by atoms with Crippen LogP contribution >= 0.6 is 0 Å². The molecule has 3 aromatic rings. The Morgan fingerprint density at radius 3 is 2.21 bits per heavy atom. The minimum Gasteiger partial charge on any atom is -0.378 e. The molecule has 4 rings (SSSR count). The molecule has 2 amide bonds. The van der Waals surface area contributed by atoms with Gasteiger partial charge in [0, 0.05) is 46.0 Å². The van der Waals surface area contributed by atoms with Gasteiger partial charge in [-0.3, -0.25) is 14.5 Å². The Hall–Kier alpha value is -3.64. The summed E-state index contributed by atoms with van der Waals surface area (Å²) in [5.41, 5.74) is 5.89. The first-order valence-electron chi connectivity index (χ1n) is 11.7. The summed E-state index contributed by atoms with van der Waals surface area (Å²) in [7, 11) is 4.03. The molecule has 0 aromatic heterocycles. The summed E-state index contributed by atoms with van der Waals surface area (Å²) in [5, 5.41) is 5.58. The van der Waals surface area contributed by atoms with E-state index in [0.717, 1.165) is 36.3 Å². The highest BCUT2D eigenvalue weighted by Gasteiger charge is 2.26. The third-order valence-corrected chi connectivity index (χ3v) is 6.35. The van der Waals surface area contributed by atoms with E-state index >= 15 is 0 Å². The summed E-state index contributed by atoms with van der Waals surface area (Å²) in [5.74, 6) is -1.22. The predicted molar refractivity (Wildman–Crippen MR) is 135 cm³/mol. The normalized spacial score (nSPS) is 14.1. The molecule has 0 radical (unpaired) electrons. The zero-order chi connectivity index (χ0) is 23.9. The molecule has 0 saturated carbocycles. The van der Waals surface area contributed by atoms with Crippen molar-refractivity contribution in [2.75, 3.05) is 32.1 Å². The number of hydrogen-bond donors (Lipinski definition) is 2. The van der Waals surface area contributed by atoms with Crippen molar-refractivity contribution in [3.8, 4) is 0 Å². The van der Waals surface area contributed by atoms with E-state index in [1.165, 1.54) is 11.1 Å². The highest BCUT2D eigenvalue weighted by atomic mass is 16.2. The average molecular weight is 457 g/mol. The Labute approximate surface area is 201 Å². The molecule has 6 heteroatoms. The molecule has 0 spiro atoms. The Kier molecular flexibility index (Phi) is 7.60. The summed E-state index contributed by atoms with van der Waals surface area (Å²) >= 11 is 0. The first kappa shape index (κ1) is 23.5. The number of benzene rings is 3. The third kappa shape index (κ3) is 5.83. The number of nitrogens with zero attached hydrogens (tertiary/aromatic N) is 2. The van der Waals surface area contributed by atoms with Crippen LogP contribution in [0.4, 0.5) is 5.69 Å². The van der Waals surface area contributed by atoms with Crippen LogP contribution in [0.15, 0.2) is 78.9 Å². The topological polar surface area (TPSA) is 64.7 Å². The van der Waals surface area contributed by atoms with E-state index in [-0.39, 0.29) is 6.04 Å². The van der Waals surface area contributed by atoms with E-state index in [9.17, 15) is 9.59 Å². The van der Waals surface area contributed by atoms with Gasteiger partial charge in [0.15, 0.2) is 0 Å². The van der Waals surface area contributed by atoms with Gasteiger partial charge in [0.1, 0.15) is 0 Å². The van der Waals surface area contributed by atoms with E-state index in [1.807, 2.05) is 44.4 Å². The van der Waals surface area contributed by atoms with Gasteiger partial charge in [-0.25, -0.2) is 0 Å². The number of rotatable bonds is 7. The van der Waals surface area contributed by atoms with Gasteiger partial charge in [0.25, 0.3) is 0 Å². The van der Waals surface area contributed by atoms with Crippen LogP contribution < -0.4 is 15.5 Å². The van der Waals surface area contributed by atoms with E-state index in [2.05, 4.69) is 69.0 Å². The number of fused-ring (bicyclic) bond motifs is 1. The molecule has 0 bridgehead atoms. The highest BCUT2D eigenvalue weighted by molar-refractivity contribution is 6.35. The minimum atomic E-state index is -0.616. The van der Waals surface area contributed by atoms with Crippen LogP contribution in [0.5, 0.6) is 0 Å². The number of anilines is 1. The van der Waals surface area contributed by atoms with Gasteiger partial charge in [0.05, 0.1) is 6.04 Å². The standard InChI is InChI=1S/C28H32N4O2/c1-31(2)25-14-12-23(13-15-25)26(32-17-16-22-10-6-7-11-24(22)20-32)19-30-28(34)27(33)29-18-21-8-4-3-5-9-21/h3-15,26H,16-20H2,1-2H3,(H,29,33)(H,30,34). The fraction of sp³-hybridized carbons (Fsp3) is 0.286. The molecule has 0 aliphatic carbocycles. The summed E-state index contributed by atoms with van der Waals surface area (Å²) in [4.78, 5) is 29.4. The van der Waals surface area contributed by atoms with Gasteiger partial charge in [0.2, 0.25) is 0 Å². The minimum absolute atomic E-state index is 0.0320. The molecule has 1 atom stereocenters. The Balaban J connectivity index is 1.44. The van der Waals surface area contributed by atoms with Crippen LogP contribution in [0.3, 0.4) is 0 Å². The second-order valence-corrected chi connectivity index (χ2v) is 8.87. The van der Waals surface area contributed by atoms with Crippen LogP contribution in [0.1, 0.15) is 28.3 Å². The second kappa shape index (κ2) is 11.0. The van der Waals surface area contributed by atoms with Crippen molar-refractivity contribution in [1.29, 1.82) is 0 Å². The summed E-state index contributed by atoms with van der Waals surface area (Å²) in [6.07, 6.45) is 0.966. The maximum Gasteiger partial charge on any atom is 0.309 e. The molecule has 0 saturated heterocycles. The van der Waals surface area contributed by atoms with Crippen molar-refractivity contribution >= 4 is 17.5 Å². The lowest BCUT2D eigenvalue weighted by molar-refractivity contribution is -0.139. The van der Waals surface area contributed by atoms with Crippen molar-refractivity contribution in [1.82, 2.24) is 15.5 Å². The van der Waals surface area contributed by atoms with Crippen molar-refractivity contribution in [3.63, 3.8) is 0 Å². The lowest BCUT2D eigenvalue weighted by atomic mass is 9.96. The van der Waals surface area contributed by atoms with Crippen molar-refractivity contribution in [2.45, 2.75) is 25.6 Å². The molecule has 6 nitrogen and oxygen atoms in total. The van der Waals surface area contributed by atoms with Gasteiger partial charge in [-0.2, -0.15) is 0 Å². The van der Waals surface area contributed by atoms with E-state index in [4.69, 9.17) is 0 Å². The molecule has 1 heterocycles. The van der Waals surface area contributed by atoms with Crippen molar-refractivity contribution in [2.24, 2.45) is 0 Å². The lowest BCUT2D eigenvalue weighted by Gasteiger charge is -2.36. The number of carbonyl (C=O) groups is 2. The summed E-state index contributed by atoms with van der Waals surface area (Å²) < 4.78 is 0. The van der Waals surface area contributed by atoms with Crippen molar-refractivity contribution < 1.29 is 9.59 Å². The molecule has 1 aliphatic heterocycles. The molecular formula is C28H32N4O2. The monoisotopic (exact) mass is 456 g/mol. The molecule has 3 aromatic carbocycles. The average Bonchev–Trinajstić information content (AvgIpc) is 2.88. The number of amides is 2. The SMILES string of the molecule is CN(C)c1ccc(C(CNC(=O)C(=O)NCc2ccccc2)N2CCc3ccccc3C2)cc1. The number of hydrogen-bond acceptors (Lipinski definition) is 4. The Bertz CT molecular complexity index is 1110. The maximum absolute atomic E-state index is 12.6. The molecule has 1 aliphatic rings. The Morgan fingerprint density at radius 1 is 0.853 bits per heavy atom. The van der Waals surface area contributed by atoms with Crippen LogP contribution in [-0.4, -0.2) is 43.9 Å².